The van der Waals surface area contributed by atoms with Crippen molar-refractivity contribution in [3.8, 4) is 55.6 Å². The zero-order chi connectivity index (χ0) is 43.5. The molecule has 0 heterocycles. The monoisotopic (exact) mass is 829 g/mol. The van der Waals surface area contributed by atoms with Crippen molar-refractivity contribution in [2.45, 2.75) is 24.7 Å². The van der Waals surface area contributed by atoms with Gasteiger partial charge in [-0.25, -0.2) is 0 Å². The van der Waals surface area contributed by atoms with Crippen molar-refractivity contribution in [3.05, 3.63) is 282 Å². The standard InChI is InChI=1S/C64H47N/c1-63(2)61-41-49(45-19-9-4-10-20-45)33-38-56(61)57-39-36-54(43-62(57)63)65(52-34-31-48(32-35-52)47-29-27-46(28-30-47)44-17-7-3-8-18-44)53-37-40-60-58(42-53)55-25-15-16-26-59(55)64(60,50-21-11-5-12-22-50)51-23-13-6-14-24-51/h3-43H,1-2H3. The predicted octanol–water partition coefficient (Wildman–Crippen LogP) is 16.8. The molecule has 0 unspecified atom stereocenters. The predicted molar refractivity (Wildman–Crippen MR) is 272 cm³/mol. The molecule has 1 nitrogen and oxygen atoms in total. The van der Waals surface area contributed by atoms with Crippen LogP contribution in [-0.2, 0) is 10.8 Å². The molecule has 0 amide bonds. The third-order valence-electron chi connectivity index (χ3n) is 14.2. The fraction of sp³-hybridized carbons (Fsp3) is 0.0625. The molecule has 0 saturated heterocycles. The molecule has 0 bridgehead atoms. The van der Waals surface area contributed by atoms with Crippen LogP contribution in [0.4, 0.5) is 17.1 Å². The Bertz CT molecular complexity index is 3310. The van der Waals surface area contributed by atoms with Crippen molar-refractivity contribution < 1.29 is 0 Å². The van der Waals surface area contributed by atoms with Gasteiger partial charge in [0.2, 0.25) is 0 Å². The second kappa shape index (κ2) is 15.4. The Morgan fingerprint density at radius 3 is 1.25 bits per heavy atom. The van der Waals surface area contributed by atoms with E-state index in [1.54, 1.807) is 0 Å². The highest BCUT2D eigenvalue weighted by atomic mass is 15.1. The number of rotatable bonds is 8. The van der Waals surface area contributed by atoms with Gasteiger partial charge in [-0.05, 0) is 131 Å². The third-order valence-corrected chi connectivity index (χ3v) is 14.2. The second-order valence-electron chi connectivity index (χ2n) is 18.1. The van der Waals surface area contributed by atoms with E-state index in [9.17, 15) is 0 Å². The highest BCUT2D eigenvalue weighted by molar-refractivity contribution is 5.92. The molecule has 12 rings (SSSR count). The lowest BCUT2D eigenvalue weighted by atomic mass is 9.68. The molecule has 0 atom stereocenters. The maximum atomic E-state index is 2.46. The molecule has 2 aliphatic rings. The van der Waals surface area contributed by atoms with Crippen molar-refractivity contribution in [2.75, 3.05) is 4.90 Å². The zero-order valence-corrected chi connectivity index (χ0v) is 36.6. The molecule has 0 spiro atoms. The number of anilines is 3. The minimum absolute atomic E-state index is 0.200. The van der Waals surface area contributed by atoms with E-state index in [0.29, 0.717) is 0 Å². The van der Waals surface area contributed by atoms with Crippen LogP contribution >= 0.6 is 0 Å². The Labute approximate surface area is 382 Å². The summed E-state index contributed by atoms with van der Waals surface area (Å²) in [6, 6.07) is 91.9. The van der Waals surface area contributed by atoms with Crippen LogP contribution < -0.4 is 4.90 Å². The van der Waals surface area contributed by atoms with E-state index in [2.05, 4.69) is 267 Å². The van der Waals surface area contributed by atoms with Gasteiger partial charge in [0, 0.05) is 22.5 Å². The summed E-state index contributed by atoms with van der Waals surface area (Å²) < 4.78 is 0. The summed E-state index contributed by atoms with van der Waals surface area (Å²) in [5.41, 5.74) is 23.0. The quantitative estimate of drug-likeness (QED) is 0.147. The van der Waals surface area contributed by atoms with Gasteiger partial charge in [-0.2, -0.15) is 0 Å². The molecule has 0 aromatic heterocycles. The van der Waals surface area contributed by atoms with Crippen molar-refractivity contribution in [3.63, 3.8) is 0 Å². The van der Waals surface area contributed by atoms with Gasteiger partial charge in [-0.3, -0.25) is 0 Å². The lowest BCUT2D eigenvalue weighted by Crippen LogP contribution is -2.28. The van der Waals surface area contributed by atoms with Gasteiger partial charge in [0.25, 0.3) is 0 Å². The maximum absolute atomic E-state index is 2.46. The first-order valence-corrected chi connectivity index (χ1v) is 22.7. The average molecular weight is 830 g/mol. The lowest BCUT2D eigenvalue weighted by molar-refractivity contribution is 0.660. The lowest BCUT2D eigenvalue weighted by Gasteiger charge is -2.34. The second-order valence-corrected chi connectivity index (χ2v) is 18.1. The largest absolute Gasteiger partial charge is 0.310 e. The van der Waals surface area contributed by atoms with E-state index >= 15 is 0 Å². The topological polar surface area (TPSA) is 3.24 Å². The van der Waals surface area contributed by atoms with Crippen LogP contribution in [-0.4, -0.2) is 0 Å². The Balaban J connectivity index is 1.01. The third kappa shape index (κ3) is 6.22. The summed E-state index contributed by atoms with van der Waals surface area (Å²) in [5, 5.41) is 0. The van der Waals surface area contributed by atoms with E-state index in [1.807, 2.05) is 0 Å². The smallest absolute Gasteiger partial charge is 0.0713 e. The van der Waals surface area contributed by atoms with Crippen LogP contribution in [0, 0.1) is 0 Å². The van der Waals surface area contributed by atoms with Crippen molar-refractivity contribution >= 4 is 17.1 Å². The number of hydrogen-bond donors (Lipinski definition) is 0. The molecule has 1 heteroatoms. The number of fused-ring (bicyclic) bond motifs is 6. The van der Waals surface area contributed by atoms with Gasteiger partial charge < -0.3 is 4.90 Å². The first-order chi connectivity index (χ1) is 32.0. The Morgan fingerprint density at radius 1 is 0.262 bits per heavy atom. The first kappa shape index (κ1) is 38.7. The highest BCUT2D eigenvalue weighted by Crippen LogP contribution is 2.58. The number of hydrogen-bond acceptors (Lipinski definition) is 1. The minimum atomic E-state index is -0.461. The van der Waals surface area contributed by atoms with Crippen molar-refractivity contribution in [2.24, 2.45) is 0 Å². The van der Waals surface area contributed by atoms with Gasteiger partial charge >= 0.3 is 0 Å². The van der Waals surface area contributed by atoms with Crippen LogP contribution in [0.2, 0.25) is 0 Å². The van der Waals surface area contributed by atoms with Gasteiger partial charge in [0.1, 0.15) is 0 Å². The summed E-state index contributed by atoms with van der Waals surface area (Å²) in [5.74, 6) is 0. The summed E-state index contributed by atoms with van der Waals surface area (Å²) in [4.78, 5) is 2.46. The molecule has 0 saturated carbocycles. The van der Waals surface area contributed by atoms with Crippen LogP contribution in [0.1, 0.15) is 47.2 Å². The molecule has 0 aliphatic heterocycles. The molecule has 308 valence electrons. The van der Waals surface area contributed by atoms with E-state index in [-0.39, 0.29) is 5.41 Å². The molecule has 0 N–H and O–H groups in total. The Kier molecular flexibility index (Phi) is 9.14. The molecular weight excluding hydrogens is 783 g/mol. The Morgan fingerprint density at radius 2 is 0.646 bits per heavy atom. The van der Waals surface area contributed by atoms with Crippen LogP contribution in [0.25, 0.3) is 55.6 Å². The summed E-state index contributed by atoms with van der Waals surface area (Å²) in [6.45, 7) is 4.77. The summed E-state index contributed by atoms with van der Waals surface area (Å²) >= 11 is 0. The van der Waals surface area contributed by atoms with Crippen molar-refractivity contribution in [1.29, 1.82) is 0 Å². The fourth-order valence-corrected chi connectivity index (χ4v) is 11.0. The van der Waals surface area contributed by atoms with Gasteiger partial charge in [0.15, 0.2) is 0 Å². The Hall–Kier alpha value is -8.00. The van der Waals surface area contributed by atoms with Crippen LogP contribution in [0.15, 0.2) is 249 Å². The van der Waals surface area contributed by atoms with Crippen LogP contribution in [0.5, 0.6) is 0 Å². The summed E-state index contributed by atoms with van der Waals surface area (Å²) in [6.07, 6.45) is 0. The number of benzene rings is 10. The van der Waals surface area contributed by atoms with E-state index in [0.717, 1.165) is 17.1 Å². The first-order valence-electron chi connectivity index (χ1n) is 22.7. The van der Waals surface area contributed by atoms with E-state index < -0.39 is 5.41 Å². The molecule has 65 heavy (non-hydrogen) atoms. The SMILES string of the molecule is CC1(C)c2cc(-c3ccccc3)ccc2-c2ccc(N(c3ccc(-c4ccc(-c5ccccc5)cc4)cc3)c3ccc4c(c3)-c3ccccc3C4(c3ccccc3)c3ccccc3)cc21. The number of nitrogens with zero attached hydrogens (tertiary/aromatic N) is 1. The minimum Gasteiger partial charge on any atom is -0.310 e. The highest BCUT2D eigenvalue weighted by Gasteiger charge is 2.46. The molecular formula is C64H47N. The van der Waals surface area contributed by atoms with Gasteiger partial charge in [-0.15, -0.1) is 0 Å². The van der Waals surface area contributed by atoms with Gasteiger partial charge in [-0.1, -0.05) is 220 Å². The summed E-state index contributed by atoms with van der Waals surface area (Å²) in [7, 11) is 0. The molecule has 10 aromatic carbocycles. The fourth-order valence-electron chi connectivity index (χ4n) is 11.0. The zero-order valence-electron chi connectivity index (χ0n) is 36.6. The van der Waals surface area contributed by atoms with Crippen LogP contribution in [0.3, 0.4) is 0 Å². The van der Waals surface area contributed by atoms with Gasteiger partial charge in [0.05, 0.1) is 5.41 Å². The van der Waals surface area contributed by atoms with E-state index in [1.165, 1.54) is 89.0 Å². The normalized spacial score (nSPS) is 13.6. The van der Waals surface area contributed by atoms with Crippen molar-refractivity contribution in [1.82, 2.24) is 0 Å². The molecule has 0 fully saturated rings. The molecule has 2 aliphatic carbocycles. The maximum Gasteiger partial charge on any atom is 0.0713 e. The molecule has 10 aromatic rings. The average Bonchev–Trinajstić information content (AvgIpc) is 3.80. The molecule has 0 radical (unpaired) electrons. The van der Waals surface area contributed by atoms with E-state index in [4.69, 9.17) is 0 Å².